The van der Waals surface area contributed by atoms with E-state index >= 15 is 0 Å². The third kappa shape index (κ3) is 4.38. The summed E-state index contributed by atoms with van der Waals surface area (Å²) >= 11 is 1.74. The fourth-order valence-electron chi connectivity index (χ4n) is 1.65. The van der Waals surface area contributed by atoms with Crippen LogP contribution < -0.4 is 10.6 Å². The van der Waals surface area contributed by atoms with E-state index < -0.39 is 5.41 Å². The van der Waals surface area contributed by atoms with Gasteiger partial charge in [-0.3, -0.25) is 4.79 Å². The van der Waals surface area contributed by atoms with Crippen LogP contribution in [0.3, 0.4) is 0 Å². The molecule has 0 unspecified atom stereocenters. The van der Waals surface area contributed by atoms with Crippen LogP contribution in [-0.4, -0.2) is 25.8 Å². The molecule has 0 aliphatic heterocycles. The average Bonchev–Trinajstić information content (AvgIpc) is 2.76. The van der Waals surface area contributed by atoms with E-state index in [1.807, 2.05) is 32.2 Å². The Labute approximate surface area is 113 Å². The van der Waals surface area contributed by atoms with Crippen LogP contribution in [0.25, 0.3) is 0 Å². The number of thioether (sulfide) groups is 1. The molecule has 0 aliphatic rings. The van der Waals surface area contributed by atoms with E-state index in [4.69, 9.17) is 4.42 Å². The Hall–Kier alpha value is -0.940. The van der Waals surface area contributed by atoms with Crippen molar-refractivity contribution >= 4 is 17.7 Å². The SMILES string of the molecule is CNC(=O)C(C)(C)CNCc1ccc(CSC)o1. The molecule has 1 amide bonds. The van der Waals surface area contributed by atoms with Crippen LogP contribution in [-0.2, 0) is 17.1 Å². The molecule has 0 spiro atoms. The lowest BCUT2D eigenvalue weighted by molar-refractivity contribution is -0.128. The second kappa shape index (κ2) is 6.85. The van der Waals surface area contributed by atoms with Crippen LogP contribution in [0.5, 0.6) is 0 Å². The highest BCUT2D eigenvalue weighted by molar-refractivity contribution is 7.97. The molecule has 0 saturated heterocycles. The normalized spacial score (nSPS) is 11.6. The predicted molar refractivity (Wildman–Crippen MR) is 75.5 cm³/mol. The van der Waals surface area contributed by atoms with Gasteiger partial charge in [-0.2, -0.15) is 11.8 Å². The van der Waals surface area contributed by atoms with Crippen LogP contribution in [0.15, 0.2) is 16.5 Å². The molecule has 18 heavy (non-hydrogen) atoms. The Morgan fingerprint density at radius 1 is 1.39 bits per heavy atom. The molecule has 1 heterocycles. The Morgan fingerprint density at radius 3 is 2.67 bits per heavy atom. The smallest absolute Gasteiger partial charge is 0.226 e. The van der Waals surface area contributed by atoms with Gasteiger partial charge in [-0.1, -0.05) is 0 Å². The van der Waals surface area contributed by atoms with Crippen molar-refractivity contribution in [2.24, 2.45) is 5.41 Å². The lowest BCUT2D eigenvalue weighted by Gasteiger charge is -2.22. The largest absolute Gasteiger partial charge is 0.464 e. The second-order valence-corrected chi connectivity index (χ2v) is 5.73. The van der Waals surface area contributed by atoms with Gasteiger partial charge in [-0.05, 0) is 32.2 Å². The van der Waals surface area contributed by atoms with E-state index in [0.29, 0.717) is 13.1 Å². The van der Waals surface area contributed by atoms with Gasteiger partial charge in [0.15, 0.2) is 0 Å². The maximum atomic E-state index is 11.6. The minimum atomic E-state index is -0.413. The molecule has 0 aromatic carbocycles. The number of hydrogen-bond donors (Lipinski definition) is 2. The van der Waals surface area contributed by atoms with E-state index in [1.54, 1.807) is 18.8 Å². The first-order valence-corrected chi connectivity index (χ1v) is 7.38. The predicted octanol–water partition coefficient (Wildman–Crippen LogP) is 2.00. The Kier molecular flexibility index (Phi) is 5.75. The maximum absolute atomic E-state index is 11.6. The van der Waals surface area contributed by atoms with Crippen molar-refractivity contribution < 1.29 is 9.21 Å². The van der Waals surface area contributed by atoms with E-state index in [0.717, 1.165) is 17.3 Å². The van der Waals surface area contributed by atoms with Gasteiger partial charge in [0.2, 0.25) is 5.91 Å². The highest BCUT2D eigenvalue weighted by Crippen LogP contribution is 2.15. The van der Waals surface area contributed by atoms with E-state index in [1.165, 1.54) is 0 Å². The number of furan rings is 1. The summed E-state index contributed by atoms with van der Waals surface area (Å²) in [6.45, 7) is 5.10. The fourth-order valence-corrected chi connectivity index (χ4v) is 2.09. The molecule has 1 aromatic heterocycles. The molecule has 0 saturated carbocycles. The molecule has 1 rings (SSSR count). The summed E-state index contributed by atoms with van der Waals surface area (Å²) in [5.74, 6) is 2.83. The molecule has 0 aliphatic carbocycles. The van der Waals surface area contributed by atoms with Gasteiger partial charge >= 0.3 is 0 Å². The summed E-state index contributed by atoms with van der Waals surface area (Å²) < 4.78 is 5.64. The highest BCUT2D eigenvalue weighted by atomic mass is 32.2. The average molecular weight is 270 g/mol. The first-order valence-electron chi connectivity index (χ1n) is 5.99. The van der Waals surface area contributed by atoms with Crippen LogP contribution in [0.1, 0.15) is 25.4 Å². The summed E-state index contributed by atoms with van der Waals surface area (Å²) in [6.07, 6.45) is 2.05. The van der Waals surface area contributed by atoms with E-state index in [9.17, 15) is 4.79 Å². The third-order valence-electron chi connectivity index (χ3n) is 2.71. The molecule has 4 nitrogen and oxygen atoms in total. The lowest BCUT2D eigenvalue weighted by Crippen LogP contribution is -2.41. The Bertz CT molecular complexity index is 388. The van der Waals surface area contributed by atoms with Crippen molar-refractivity contribution in [2.45, 2.75) is 26.1 Å². The zero-order valence-electron chi connectivity index (χ0n) is 11.5. The number of hydrogen-bond acceptors (Lipinski definition) is 4. The molecule has 0 bridgehead atoms. The molecule has 2 N–H and O–H groups in total. The van der Waals surface area contributed by atoms with Gasteiger partial charge in [-0.15, -0.1) is 0 Å². The summed E-state index contributed by atoms with van der Waals surface area (Å²) in [4.78, 5) is 11.6. The standard InChI is InChI=1S/C13H22N2O2S/c1-13(2,12(16)14-3)9-15-7-10-5-6-11(17-10)8-18-4/h5-6,15H,7-9H2,1-4H3,(H,14,16). The molecular formula is C13H22N2O2S. The van der Waals surface area contributed by atoms with E-state index in [-0.39, 0.29) is 5.91 Å². The van der Waals surface area contributed by atoms with Crippen molar-refractivity contribution in [2.75, 3.05) is 19.8 Å². The van der Waals surface area contributed by atoms with Crippen LogP contribution in [0.4, 0.5) is 0 Å². The number of carbonyl (C=O) groups excluding carboxylic acids is 1. The van der Waals surface area contributed by atoms with Crippen molar-refractivity contribution in [3.05, 3.63) is 23.7 Å². The molecule has 102 valence electrons. The van der Waals surface area contributed by atoms with Crippen LogP contribution in [0, 0.1) is 5.41 Å². The van der Waals surface area contributed by atoms with Gasteiger partial charge in [0.05, 0.1) is 17.7 Å². The first kappa shape index (κ1) is 15.1. The minimum Gasteiger partial charge on any atom is -0.464 e. The molecule has 0 fully saturated rings. The third-order valence-corrected chi connectivity index (χ3v) is 3.29. The van der Waals surface area contributed by atoms with Gasteiger partial charge in [0.25, 0.3) is 0 Å². The topological polar surface area (TPSA) is 54.3 Å². The number of amides is 1. The Balaban J connectivity index is 2.38. The quantitative estimate of drug-likeness (QED) is 0.796. The maximum Gasteiger partial charge on any atom is 0.226 e. The Morgan fingerprint density at radius 2 is 2.06 bits per heavy atom. The van der Waals surface area contributed by atoms with Crippen LogP contribution in [0.2, 0.25) is 0 Å². The van der Waals surface area contributed by atoms with Crippen molar-refractivity contribution in [3.8, 4) is 0 Å². The van der Waals surface area contributed by atoms with Gasteiger partial charge in [0.1, 0.15) is 11.5 Å². The number of rotatable bonds is 7. The molecular weight excluding hydrogens is 248 g/mol. The summed E-state index contributed by atoms with van der Waals surface area (Å²) in [5.41, 5.74) is -0.413. The zero-order valence-corrected chi connectivity index (χ0v) is 12.3. The molecule has 1 aromatic rings. The zero-order chi connectivity index (χ0) is 13.6. The summed E-state index contributed by atoms with van der Waals surface area (Å²) in [5, 5.41) is 5.92. The summed E-state index contributed by atoms with van der Waals surface area (Å²) in [7, 11) is 1.66. The fraction of sp³-hybridized carbons (Fsp3) is 0.615. The minimum absolute atomic E-state index is 0.0394. The number of nitrogens with one attached hydrogen (secondary N) is 2. The van der Waals surface area contributed by atoms with Crippen molar-refractivity contribution in [3.63, 3.8) is 0 Å². The van der Waals surface area contributed by atoms with Gasteiger partial charge in [0, 0.05) is 13.6 Å². The molecule has 0 atom stereocenters. The lowest BCUT2D eigenvalue weighted by atomic mass is 9.92. The monoisotopic (exact) mass is 270 g/mol. The van der Waals surface area contributed by atoms with Gasteiger partial charge in [-0.25, -0.2) is 0 Å². The first-order chi connectivity index (χ1) is 8.49. The van der Waals surface area contributed by atoms with Crippen molar-refractivity contribution in [1.29, 1.82) is 0 Å². The molecule has 5 heteroatoms. The summed E-state index contributed by atoms with van der Waals surface area (Å²) in [6, 6.07) is 3.98. The van der Waals surface area contributed by atoms with Crippen LogP contribution >= 0.6 is 11.8 Å². The second-order valence-electron chi connectivity index (χ2n) is 4.87. The molecule has 0 radical (unpaired) electrons. The number of carbonyl (C=O) groups is 1. The van der Waals surface area contributed by atoms with Crippen molar-refractivity contribution in [1.82, 2.24) is 10.6 Å². The van der Waals surface area contributed by atoms with E-state index in [2.05, 4.69) is 10.6 Å². The van der Waals surface area contributed by atoms with Gasteiger partial charge < -0.3 is 15.1 Å². The highest BCUT2D eigenvalue weighted by Gasteiger charge is 2.25.